The molecule has 0 fully saturated rings. The molecular weight excluding hydrogens is 374 g/mol. The Morgan fingerprint density at radius 1 is 0.963 bits per heavy atom. The van der Waals surface area contributed by atoms with Crippen LogP contribution in [-0.2, 0) is 0 Å². The lowest BCUT2D eigenvalue weighted by molar-refractivity contribution is 0.375. The van der Waals surface area contributed by atoms with Crippen molar-refractivity contribution in [2.75, 3.05) is 5.32 Å². The minimum atomic E-state index is 0.00242. The van der Waals surface area contributed by atoms with Crippen molar-refractivity contribution in [1.29, 1.82) is 0 Å². The van der Waals surface area contributed by atoms with Gasteiger partial charge in [0.25, 0.3) is 0 Å². The van der Waals surface area contributed by atoms with E-state index in [4.69, 9.17) is 28.9 Å². The van der Waals surface area contributed by atoms with E-state index in [9.17, 15) is 0 Å². The fraction of sp³-hybridized carbons (Fsp3) is 0.0909. The summed E-state index contributed by atoms with van der Waals surface area (Å²) in [4.78, 5) is 0. The van der Waals surface area contributed by atoms with Crippen LogP contribution in [0.1, 0.15) is 23.6 Å². The molecule has 1 heterocycles. The molecule has 27 heavy (non-hydrogen) atoms. The Balaban J connectivity index is 1.66. The van der Waals surface area contributed by atoms with E-state index in [0.717, 1.165) is 28.9 Å². The number of benzene rings is 3. The van der Waals surface area contributed by atoms with Crippen LogP contribution in [0.5, 0.6) is 0 Å². The van der Waals surface area contributed by atoms with Crippen molar-refractivity contribution in [2.45, 2.75) is 12.5 Å². The highest BCUT2D eigenvalue weighted by Crippen LogP contribution is 2.34. The predicted molar refractivity (Wildman–Crippen MR) is 116 cm³/mol. The van der Waals surface area contributed by atoms with Crippen molar-refractivity contribution in [1.82, 2.24) is 5.01 Å². The van der Waals surface area contributed by atoms with Crippen molar-refractivity contribution in [3.63, 3.8) is 0 Å². The van der Waals surface area contributed by atoms with E-state index in [1.54, 1.807) is 0 Å². The third kappa shape index (κ3) is 4.02. The average Bonchev–Trinajstić information content (AvgIpc) is 3.15. The second kappa shape index (κ2) is 7.91. The number of para-hydroxylation sites is 1. The van der Waals surface area contributed by atoms with E-state index in [-0.39, 0.29) is 6.04 Å². The van der Waals surface area contributed by atoms with Crippen molar-refractivity contribution in [3.05, 3.63) is 101 Å². The molecule has 0 aliphatic carbocycles. The fourth-order valence-electron chi connectivity index (χ4n) is 3.18. The van der Waals surface area contributed by atoms with E-state index in [1.165, 1.54) is 0 Å². The van der Waals surface area contributed by atoms with Gasteiger partial charge >= 0.3 is 0 Å². The van der Waals surface area contributed by atoms with Gasteiger partial charge < -0.3 is 5.32 Å². The molecule has 1 aliphatic rings. The van der Waals surface area contributed by atoms with Gasteiger partial charge in [0.15, 0.2) is 5.11 Å². The van der Waals surface area contributed by atoms with E-state index in [2.05, 4.69) is 23.5 Å². The molecule has 0 amide bonds. The highest BCUT2D eigenvalue weighted by Gasteiger charge is 2.31. The lowest BCUT2D eigenvalue weighted by Crippen LogP contribution is -2.31. The largest absolute Gasteiger partial charge is 0.331 e. The molecule has 1 atom stereocenters. The maximum absolute atomic E-state index is 6.23. The number of halogens is 1. The van der Waals surface area contributed by atoms with Gasteiger partial charge in [-0.15, -0.1) is 0 Å². The molecule has 3 aromatic rings. The molecule has 0 spiro atoms. The molecule has 0 radical (unpaired) electrons. The van der Waals surface area contributed by atoms with Crippen LogP contribution in [0.2, 0.25) is 5.02 Å². The summed E-state index contributed by atoms with van der Waals surface area (Å²) in [6, 6.07) is 28.0. The molecule has 134 valence electrons. The maximum Gasteiger partial charge on any atom is 0.194 e. The smallest absolute Gasteiger partial charge is 0.194 e. The highest BCUT2D eigenvalue weighted by molar-refractivity contribution is 7.80. The number of hydrazone groups is 1. The summed E-state index contributed by atoms with van der Waals surface area (Å²) in [5.41, 5.74) is 4.15. The van der Waals surface area contributed by atoms with Crippen LogP contribution in [0.3, 0.4) is 0 Å². The van der Waals surface area contributed by atoms with Gasteiger partial charge in [0.05, 0.1) is 11.8 Å². The molecule has 4 rings (SSSR count). The molecule has 0 aromatic heterocycles. The summed E-state index contributed by atoms with van der Waals surface area (Å²) >= 11 is 11.9. The Morgan fingerprint density at radius 2 is 1.67 bits per heavy atom. The SMILES string of the molecule is S=C(Nc1ccccc1)N1N=C(c2ccccc2)C[C@@H]1c1cccc(Cl)c1. The zero-order chi connectivity index (χ0) is 18.6. The summed E-state index contributed by atoms with van der Waals surface area (Å²) in [6.07, 6.45) is 0.765. The third-order valence-corrected chi connectivity index (χ3v) is 5.01. The Bertz CT molecular complexity index is 973. The van der Waals surface area contributed by atoms with Gasteiger partial charge in [0.1, 0.15) is 0 Å². The lowest BCUT2D eigenvalue weighted by Gasteiger charge is -2.25. The van der Waals surface area contributed by atoms with Gasteiger partial charge in [0.2, 0.25) is 0 Å². The van der Waals surface area contributed by atoms with Crippen LogP contribution in [-0.4, -0.2) is 15.8 Å². The number of hydrogen-bond donors (Lipinski definition) is 1. The van der Waals surface area contributed by atoms with Crippen LogP contribution in [0.25, 0.3) is 0 Å². The number of thiocarbonyl (C=S) groups is 1. The van der Waals surface area contributed by atoms with Crippen LogP contribution >= 0.6 is 23.8 Å². The van der Waals surface area contributed by atoms with Crippen molar-refractivity contribution >= 4 is 40.3 Å². The van der Waals surface area contributed by atoms with Gasteiger partial charge in [-0.3, -0.25) is 0 Å². The molecule has 0 bridgehead atoms. The predicted octanol–water partition coefficient (Wildman–Crippen LogP) is 5.89. The molecule has 0 saturated heterocycles. The summed E-state index contributed by atoms with van der Waals surface area (Å²) in [5.74, 6) is 0. The molecule has 1 aliphatic heterocycles. The summed E-state index contributed by atoms with van der Waals surface area (Å²) in [7, 11) is 0. The third-order valence-electron chi connectivity index (χ3n) is 4.48. The normalized spacial score (nSPS) is 16.1. The van der Waals surface area contributed by atoms with Crippen LogP contribution in [0.15, 0.2) is 90.0 Å². The minimum absolute atomic E-state index is 0.00242. The number of nitrogens with zero attached hydrogens (tertiary/aromatic N) is 2. The summed E-state index contributed by atoms with van der Waals surface area (Å²) in [5, 5.41) is 11.3. The maximum atomic E-state index is 6.23. The number of anilines is 1. The Labute approximate surface area is 169 Å². The van der Waals surface area contributed by atoms with E-state index in [1.807, 2.05) is 71.7 Å². The zero-order valence-electron chi connectivity index (χ0n) is 14.5. The molecule has 1 N–H and O–H groups in total. The summed E-state index contributed by atoms with van der Waals surface area (Å²) in [6.45, 7) is 0. The lowest BCUT2D eigenvalue weighted by atomic mass is 9.98. The first-order chi connectivity index (χ1) is 13.2. The zero-order valence-corrected chi connectivity index (χ0v) is 16.1. The average molecular weight is 392 g/mol. The minimum Gasteiger partial charge on any atom is -0.331 e. The van der Waals surface area contributed by atoms with E-state index >= 15 is 0 Å². The Kier molecular flexibility index (Phi) is 5.19. The molecule has 3 aromatic carbocycles. The fourth-order valence-corrected chi connectivity index (χ4v) is 3.66. The second-order valence-corrected chi connectivity index (χ2v) is 7.15. The first-order valence-corrected chi connectivity index (χ1v) is 9.53. The van der Waals surface area contributed by atoms with Crippen molar-refractivity contribution in [2.24, 2.45) is 5.10 Å². The topological polar surface area (TPSA) is 27.6 Å². The molecule has 5 heteroatoms. The van der Waals surface area contributed by atoms with Gasteiger partial charge in [-0.1, -0.05) is 72.3 Å². The number of hydrogen-bond acceptors (Lipinski definition) is 2. The van der Waals surface area contributed by atoms with Gasteiger partial charge in [0, 0.05) is 17.1 Å². The molecule has 0 saturated carbocycles. The summed E-state index contributed by atoms with van der Waals surface area (Å²) < 4.78 is 0. The highest BCUT2D eigenvalue weighted by atomic mass is 35.5. The molecular formula is C22H18ClN3S. The van der Waals surface area contributed by atoms with E-state index < -0.39 is 0 Å². The van der Waals surface area contributed by atoms with Gasteiger partial charge in [-0.05, 0) is 47.6 Å². The van der Waals surface area contributed by atoms with Crippen molar-refractivity contribution < 1.29 is 0 Å². The Hall–Kier alpha value is -2.69. The van der Waals surface area contributed by atoms with E-state index in [0.29, 0.717) is 10.1 Å². The number of nitrogens with one attached hydrogen (secondary N) is 1. The van der Waals surface area contributed by atoms with Gasteiger partial charge in [-0.25, -0.2) is 5.01 Å². The Morgan fingerprint density at radius 3 is 2.37 bits per heavy atom. The van der Waals surface area contributed by atoms with Crippen LogP contribution in [0.4, 0.5) is 5.69 Å². The quantitative estimate of drug-likeness (QED) is 0.564. The monoisotopic (exact) mass is 391 g/mol. The first kappa shape index (κ1) is 17.7. The van der Waals surface area contributed by atoms with Crippen molar-refractivity contribution in [3.8, 4) is 0 Å². The van der Waals surface area contributed by atoms with Gasteiger partial charge in [-0.2, -0.15) is 5.10 Å². The van der Waals surface area contributed by atoms with Crippen LogP contribution < -0.4 is 5.32 Å². The standard InChI is InChI=1S/C22H18ClN3S/c23-18-11-7-10-17(14-18)21-15-20(16-8-3-1-4-9-16)25-26(21)22(27)24-19-12-5-2-6-13-19/h1-14,21H,15H2,(H,24,27)/t21-/m1/s1. The number of rotatable bonds is 3. The second-order valence-electron chi connectivity index (χ2n) is 6.33. The molecule has 0 unspecified atom stereocenters. The first-order valence-electron chi connectivity index (χ1n) is 8.74. The molecule has 3 nitrogen and oxygen atoms in total. The van der Waals surface area contributed by atoms with Crippen LogP contribution in [0, 0.1) is 0 Å².